The van der Waals surface area contributed by atoms with Gasteiger partial charge in [-0.05, 0) is 24.1 Å². The second kappa shape index (κ2) is 6.72. The van der Waals surface area contributed by atoms with Crippen LogP contribution in [0.5, 0.6) is 5.75 Å². The Bertz CT molecular complexity index is 328. The average Bonchev–Trinajstić information content (AvgIpc) is 2.19. The summed E-state index contributed by atoms with van der Waals surface area (Å²) in [6.45, 7) is 3.65. The first-order chi connectivity index (χ1) is 6.69. The van der Waals surface area contributed by atoms with E-state index in [0.717, 1.165) is 12.0 Å². The van der Waals surface area contributed by atoms with Crippen molar-refractivity contribution in [2.24, 2.45) is 5.73 Å². The molecule has 4 heteroatoms. The van der Waals surface area contributed by atoms with Crippen LogP contribution < -0.4 is 10.5 Å². The minimum atomic E-state index is -0.0429. The van der Waals surface area contributed by atoms with Crippen molar-refractivity contribution in [3.63, 3.8) is 0 Å². The zero-order valence-electron chi connectivity index (χ0n) is 8.57. The van der Waals surface area contributed by atoms with Gasteiger partial charge in [-0.2, -0.15) is 0 Å². The van der Waals surface area contributed by atoms with Crippen LogP contribution in [0.15, 0.2) is 30.9 Å². The maximum atomic E-state index is 5.91. The lowest BCUT2D eigenvalue weighted by Gasteiger charge is -2.11. The number of hydrogen-bond acceptors (Lipinski definition) is 2. The molecule has 2 N–H and O–H groups in total. The molecule has 0 unspecified atom stereocenters. The highest BCUT2D eigenvalue weighted by molar-refractivity contribution is 6.32. The SMILES string of the molecule is C=CC[C@@H](N)c1ccc(Cl)c(OC)c1.Cl. The molecule has 0 fully saturated rings. The van der Waals surface area contributed by atoms with Crippen molar-refractivity contribution in [2.45, 2.75) is 12.5 Å². The topological polar surface area (TPSA) is 35.2 Å². The third-order valence-corrected chi connectivity index (χ3v) is 2.34. The van der Waals surface area contributed by atoms with Gasteiger partial charge in [0, 0.05) is 6.04 Å². The van der Waals surface area contributed by atoms with Crippen molar-refractivity contribution in [3.05, 3.63) is 41.4 Å². The summed E-state index contributed by atoms with van der Waals surface area (Å²) in [5.74, 6) is 0.656. The molecule has 0 saturated heterocycles. The monoisotopic (exact) mass is 247 g/mol. The molecule has 0 saturated carbocycles. The number of benzene rings is 1. The first-order valence-electron chi connectivity index (χ1n) is 4.39. The van der Waals surface area contributed by atoms with Gasteiger partial charge in [0.1, 0.15) is 5.75 Å². The Morgan fingerprint density at radius 1 is 1.60 bits per heavy atom. The van der Waals surface area contributed by atoms with Crippen LogP contribution >= 0.6 is 24.0 Å². The molecular weight excluding hydrogens is 233 g/mol. The molecule has 0 bridgehead atoms. The zero-order chi connectivity index (χ0) is 10.6. The Kier molecular flexibility index (Phi) is 6.41. The molecule has 0 amide bonds. The van der Waals surface area contributed by atoms with E-state index in [1.165, 1.54) is 0 Å². The van der Waals surface area contributed by atoms with Gasteiger partial charge in [0.15, 0.2) is 0 Å². The van der Waals surface area contributed by atoms with E-state index in [1.807, 2.05) is 12.1 Å². The number of nitrogens with two attached hydrogens (primary N) is 1. The van der Waals surface area contributed by atoms with E-state index in [-0.39, 0.29) is 18.4 Å². The smallest absolute Gasteiger partial charge is 0.137 e. The first-order valence-corrected chi connectivity index (χ1v) is 4.76. The lowest BCUT2D eigenvalue weighted by molar-refractivity contribution is 0.414. The van der Waals surface area contributed by atoms with E-state index in [2.05, 4.69) is 6.58 Å². The Morgan fingerprint density at radius 2 is 2.27 bits per heavy atom. The summed E-state index contributed by atoms with van der Waals surface area (Å²) in [5.41, 5.74) is 6.91. The summed E-state index contributed by atoms with van der Waals surface area (Å²) in [4.78, 5) is 0. The molecule has 0 aliphatic carbocycles. The molecule has 15 heavy (non-hydrogen) atoms. The van der Waals surface area contributed by atoms with E-state index in [9.17, 15) is 0 Å². The van der Waals surface area contributed by atoms with Crippen molar-refractivity contribution in [1.82, 2.24) is 0 Å². The van der Waals surface area contributed by atoms with Gasteiger partial charge in [0.2, 0.25) is 0 Å². The van der Waals surface area contributed by atoms with E-state index in [1.54, 1.807) is 19.3 Å². The fourth-order valence-corrected chi connectivity index (χ4v) is 1.42. The van der Waals surface area contributed by atoms with Gasteiger partial charge < -0.3 is 10.5 Å². The van der Waals surface area contributed by atoms with Gasteiger partial charge in [-0.25, -0.2) is 0 Å². The van der Waals surface area contributed by atoms with Crippen molar-refractivity contribution in [2.75, 3.05) is 7.11 Å². The molecular formula is C11H15Cl2NO. The van der Waals surface area contributed by atoms with E-state index >= 15 is 0 Å². The predicted molar refractivity (Wildman–Crippen MR) is 67.0 cm³/mol. The summed E-state index contributed by atoms with van der Waals surface area (Å²) in [7, 11) is 1.59. The Balaban J connectivity index is 0.00000196. The molecule has 84 valence electrons. The second-order valence-electron chi connectivity index (χ2n) is 3.02. The van der Waals surface area contributed by atoms with Crippen LogP contribution in [-0.2, 0) is 0 Å². The highest BCUT2D eigenvalue weighted by Gasteiger charge is 2.07. The van der Waals surface area contributed by atoms with Gasteiger partial charge in [-0.3, -0.25) is 0 Å². The van der Waals surface area contributed by atoms with E-state index in [4.69, 9.17) is 22.1 Å². The molecule has 0 aliphatic rings. The Morgan fingerprint density at radius 3 is 2.80 bits per heavy atom. The van der Waals surface area contributed by atoms with Gasteiger partial charge >= 0.3 is 0 Å². The summed E-state index contributed by atoms with van der Waals surface area (Å²) in [5, 5.41) is 0.599. The molecule has 0 heterocycles. The van der Waals surface area contributed by atoms with Crippen LogP contribution in [0.3, 0.4) is 0 Å². The van der Waals surface area contributed by atoms with Gasteiger partial charge in [0.25, 0.3) is 0 Å². The molecule has 0 aromatic heterocycles. The van der Waals surface area contributed by atoms with Crippen molar-refractivity contribution in [3.8, 4) is 5.75 Å². The fraction of sp³-hybridized carbons (Fsp3) is 0.273. The third kappa shape index (κ3) is 3.74. The van der Waals surface area contributed by atoms with Crippen molar-refractivity contribution >= 4 is 24.0 Å². The molecule has 0 radical (unpaired) electrons. The molecule has 0 spiro atoms. The van der Waals surface area contributed by atoms with E-state index in [0.29, 0.717) is 10.8 Å². The molecule has 1 atom stereocenters. The molecule has 2 nitrogen and oxygen atoms in total. The maximum Gasteiger partial charge on any atom is 0.137 e. The highest BCUT2D eigenvalue weighted by atomic mass is 35.5. The zero-order valence-corrected chi connectivity index (χ0v) is 10.1. The van der Waals surface area contributed by atoms with Gasteiger partial charge in [-0.15, -0.1) is 19.0 Å². The van der Waals surface area contributed by atoms with Crippen LogP contribution in [0.1, 0.15) is 18.0 Å². The molecule has 1 aromatic carbocycles. The summed E-state index contributed by atoms with van der Waals surface area (Å²) in [6, 6.07) is 5.51. The molecule has 0 aliphatic heterocycles. The lowest BCUT2D eigenvalue weighted by Crippen LogP contribution is -2.08. The highest BCUT2D eigenvalue weighted by Crippen LogP contribution is 2.27. The first kappa shape index (κ1) is 14.3. The Labute approximate surface area is 101 Å². The third-order valence-electron chi connectivity index (χ3n) is 2.02. The normalized spacial score (nSPS) is 11.4. The van der Waals surface area contributed by atoms with Gasteiger partial charge in [0.05, 0.1) is 12.1 Å². The number of ether oxygens (including phenoxy) is 1. The average molecular weight is 248 g/mol. The van der Waals surface area contributed by atoms with E-state index < -0.39 is 0 Å². The van der Waals surface area contributed by atoms with Gasteiger partial charge in [-0.1, -0.05) is 23.7 Å². The number of rotatable bonds is 4. The second-order valence-corrected chi connectivity index (χ2v) is 3.43. The van der Waals surface area contributed by atoms with Crippen LogP contribution in [0.25, 0.3) is 0 Å². The molecule has 1 aromatic rings. The number of halogens is 2. The largest absolute Gasteiger partial charge is 0.495 e. The molecule has 1 rings (SSSR count). The standard InChI is InChI=1S/C11H14ClNO.ClH/c1-3-4-10(13)8-5-6-9(12)11(7-8)14-2;/h3,5-7,10H,1,4,13H2,2H3;1H/t10-;/m1./s1. The summed E-state index contributed by atoms with van der Waals surface area (Å²) in [6.07, 6.45) is 2.54. The number of methoxy groups -OCH3 is 1. The summed E-state index contributed by atoms with van der Waals surface area (Å²) < 4.78 is 5.10. The fourth-order valence-electron chi connectivity index (χ4n) is 1.22. The number of hydrogen-bond donors (Lipinski definition) is 1. The minimum Gasteiger partial charge on any atom is -0.495 e. The summed E-state index contributed by atoms with van der Waals surface area (Å²) >= 11 is 5.89. The predicted octanol–water partition coefficient (Wildman–Crippen LogP) is 3.35. The van der Waals surface area contributed by atoms with Crippen LogP contribution in [0.4, 0.5) is 0 Å². The Hall–Kier alpha value is -0.700. The van der Waals surface area contributed by atoms with Crippen molar-refractivity contribution < 1.29 is 4.74 Å². The van der Waals surface area contributed by atoms with Crippen LogP contribution in [0, 0.1) is 0 Å². The lowest BCUT2D eigenvalue weighted by atomic mass is 10.0. The minimum absolute atomic E-state index is 0. The van der Waals surface area contributed by atoms with Crippen LogP contribution in [0.2, 0.25) is 5.02 Å². The van der Waals surface area contributed by atoms with Crippen molar-refractivity contribution in [1.29, 1.82) is 0 Å². The quantitative estimate of drug-likeness (QED) is 0.829. The van der Waals surface area contributed by atoms with Crippen LogP contribution in [-0.4, -0.2) is 7.11 Å². The maximum absolute atomic E-state index is 5.91.